The predicted octanol–water partition coefficient (Wildman–Crippen LogP) is 11.3. The standard InChI is InChI=1S/C41H34N2/c1-3-41(4-2)37-19-11-8-16-33(37)34-27-26-32(28-38(34)41)42(29-14-6-5-7-15-29)30-22-24-31(25-23-30)43-39-20-12-9-17-35(39)36-18-10-13-21-40(36)43/h5-28H,3-4H2,1-2H3. The number of nitrogens with zero attached hydrogens (tertiary/aromatic N) is 2. The Morgan fingerprint density at radius 1 is 0.488 bits per heavy atom. The molecule has 208 valence electrons. The number of aromatic nitrogens is 1. The van der Waals surface area contributed by atoms with Gasteiger partial charge in [0.2, 0.25) is 0 Å². The summed E-state index contributed by atoms with van der Waals surface area (Å²) >= 11 is 0. The van der Waals surface area contributed by atoms with Gasteiger partial charge in [-0.25, -0.2) is 0 Å². The van der Waals surface area contributed by atoms with Gasteiger partial charge in [-0.3, -0.25) is 0 Å². The molecule has 2 nitrogen and oxygen atoms in total. The van der Waals surface area contributed by atoms with Crippen LogP contribution in [0.2, 0.25) is 0 Å². The summed E-state index contributed by atoms with van der Waals surface area (Å²) in [5.41, 5.74) is 12.8. The molecule has 2 heteroatoms. The molecule has 0 N–H and O–H groups in total. The molecule has 8 rings (SSSR count). The minimum absolute atomic E-state index is 0.0324. The van der Waals surface area contributed by atoms with Gasteiger partial charge < -0.3 is 9.47 Å². The van der Waals surface area contributed by atoms with E-state index in [-0.39, 0.29) is 5.41 Å². The lowest BCUT2D eigenvalue weighted by molar-refractivity contribution is 0.490. The maximum Gasteiger partial charge on any atom is 0.0541 e. The molecule has 0 radical (unpaired) electrons. The Hall–Kier alpha value is -5.08. The van der Waals surface area contributed by atoms with Crippen molar-refractivity contribution in [1.82, 2.24) is 4.57 Å². The molecule has 0 spiro atoms. The van der Waals surface area contributed by atoms with Crippen LogP contribution in [0.3, 0.4) is 0 Å². The van der Waals surface area contributed by atoms with Crippen molar-refractivity contribution in [2.45, 2.75) is 32.1 Å². The highest BCUT2D eigenvalue weighted by Crippen LogP contribution is 2.54. The lowest BCUT2D eigenvalue weighted by atomic mass is 9.74. The zero-order valence-corrected chi connectivity index (χ0v) is 24.7. The minimum Gasteiger partial charge on any atom is -0.310 e. The van der Waals surface area contributed by atoms with Crippen molar-refractivity contribution in [3.63, 3.8) is 0 Å². The fourth-order valence-corrected chi connectivity index (χ4v) is 7.57. The zero-order valence-electron chi connectivity index (χ0n) is 24.7. The molecule has 0 unspecified atom stereocenters. The number of anilines is 3. The second kappa shape index (κ2) is 10.0. The minimum atomic E-state index is 0.0324. The van der Waals surface area contributed by atoms with E-state index >= 15 is 0 Å². The molecule has 1 aromatic heterocycles. The van der Waals surface area contributed by atoms with E-state index in [1.54, 1.807) is 0 Å². The first-order valence-corrected chi connectivity index (χ1v) is 15.4. The summed E-state index contributed by atoms with van der Waals surface area (Å²) < 4.78 is 2.38. The second-order valence-electron chi connectivity index (χ2n) is 11.6. The number of para-hydroxylation sites is 3. The third-order valence-corrected chi connectivity index (χ3v) is 9.68. The molecule has 7 aromatic rings. The molecule has 1 heterocycles. The molecular weight excluding hydrogens is 520 g/mol. The van der Waals surface area contributed by atoms with Gasteiger partial charge in [0, 0.05) is 38.9 Å². The van der Waals surface area contributed by atoms with E-state index in [4.69, 9.17) is 0 Å². The van der Waals surface area contributed by atoms with E-state index in [1.165, 1.54) is 49.7 Å². The Morgan fingerprint density at radius 3 is 1.70 bits per heavy atom. The smallest absolute Gasteiger partial charge is 0.0541 e. The van der Waals surface area contributed by atoms with Gasteiger partial charge in [0.1, 0.15) is 0 Å². The van der Waals surface area contributed by atoms with Crippen LogP contribution in [-0.2, 0) is 5.41 Å². The Balaban J connectivity index is 1.28. The summed E-state index contributed by atoms with van der Waals surface area (Å²) in [6, 6.07) is 53.3. The predicted molar refractivity (Wildman–Crippen MR) is 182 cm³/mol. The van der Waals surface area contributed by atoms with Crippen LogP contribution in [0.1, 0.15) is 37.8 Å². The van der Waals surface area contributed by atoms with E-state index in [9.17, 15) is 0 Å². The Morgan fingerprint density at radius 2 is 1.02 bits per heavy atom. The van der Waals surface area contributed by atoms with Gasteiger partial charge in [0.05, 0.1) is 11.0 Å². The average Bonchev–Trinajstić information content (AvgIpc) is 3.56. The molecule has 0 fully saturated rings. The first kappa shape index (κ1) is 25.6. The SMILES string of the molecule is CCC1(CC)c2ccccc2-c2ccc(N(c3ccccc3)c3ccc(-n4c5ccccc5c5ccccc54)cc3)cc21. The topological polar surface area (TPSA) is 8.17 Å². The third-order valence-electron chi connectivity index (χ3n) is 9.68. The van der Waals surface area contributed by atoms with Crippen molar-refractivity contribution >= 4 is 38.9 Å². The maximum atomic E-state index is 2.45. The van der Waals surface area contributed by atoms with Crippen LogP contribution in [-0.4, -0.2) is 4.57 Å². The molecule has 43 heavy (non-hydrogen) atoms. The Bertz CT molecular complexity index is 2040. The molecule has 0 saturated heterocycles. The van der Waals surface area contributed by atoms with Crippen LogP contribution >= 0.6 is 0 Å². The Labute approximate surface area is 253 Å². The lowest BCUT2D eigenvalue weighted by Gasteiger charge is -2.31. The van der Waals surface area contributed by atoms with Crippen LogP contribution in [0.4, 0.5) is 17.1 Å². The van der Waals surface area contributed by atoms with Crippen LogP contribution in [0.15, 0.2) is 146 Å². The zero-order chi connectivity index (χ0) is 29.0. The second-order valence-corrected chi connectivity index (χ2v) is 11.6. The molecular formula is C41H34N2. The van der Waals surface area contributed by atoms with Gasteiger partial charge >= 0.3 is 0 Å². The highest BCUT2D eigenvalue weighted by atomic mass is 15.1. The number of fused-ring (bicyclic) bond motifs is 6. The lowest BCUT2D eigenvalue weighted by Crippen LogP contribution is -2.23. The van der Waals surface area contributed by atoms with E-state index in [0.717, 1.165) is 29.9 Å². The Kier molecular flexibility index (Phi) is 5.97. The van der Waals surface area contributed by atoms with Crippen molar-refractivity contribution in [2.75, 3.05) is 4.90 Å². The molecule has 0 bridgehead atoms. The molecule has 0 atom stereocenters. The first-order chi connectivity index (χ1) is 21.2. The molecule has 0 aliphatic heterocycles. The summed E-state index contributed by atoms with van der Waals surface area (Å²) in [6.07, 6.45) is 2.16. The molecule has 0 amide bonds. The number of rotatable bonds is 6. The normalized spacial score (nSPS) is 13.3. The van der Waals surface area contributed by atoms with Crippen LogP contribution in [0.25, 0.3) is 38.6 Å². The molecule has 1 aliphatic rings. The summed E-state index contributed by atoms with van der Waals surface area (Å²) in [7, 11) is 0. The van der Waals surface area contributed by atoms with E-state index < -0.39 is 0 Å². The van der Waals surface area contributed by atoms with Gasteiger partial charge in [0.15, 0.2) is 0 Å². The largest absolute Gasteiger partial charge is 0.310 e. The van der Waals surface area contributed by atoms with Crippen molar-refractivity contribution in [3.8, 4) is 16.8 Å². The molecule has 0 saturated carbocycles. The van der Waals surface area contributed by atoms with Crippen LogP contribution in [0, 0.1) is 0 Å². The van der Waals surface area contributed by atoms with E-state index in [1.807, 2.05) is 0 Å². The van der Waals surface area contributed by atoms with Crippen LogP contribution < -0.4 is 4.90 Å². The summed E-state index contributed by atoms with van der Waals surface area (Å²) in [5, 5.41) is 2.56. The van der Waals surface area contributed by atoms with Gasteiger partial charge in [-0.1, -0.05) is 98.8 Å². The summed E-state index contributed by atoms with van der Waals surface area (Å²) in [4.78, 5) is 2.40. The highest BCUT2D eigenvalue weighted by Gasteiger charge is 2.40. The monoisotopic (exact) mass is 554 g/mol. The molecule has 1 aliphatic carbocycles. The van der Waals surface area contributed by atoms with E-state index in [2.05, 4.69) is 169 Å². The van der Waals surface area contributed by atoms with Gasteiger partial charge in [0.25, 0.3) is 0 Å². The number of benzene rings is 6. The van der Waals surface area contributed by atoms with Crippen molar-refractivity contribution in [2.24, 2.45) is 0 Å². The maximum absolute atomic E-state index is 2.45. The summed E-state index contributed by atoms with van der Waals surface area (Å²) in [5.74, 6) is 0. The third kappa shape index (κ3) is 3.79. The van der Waals surface area contributed by atoms with Gasteiger partial charge in [-0.15, -0.1) is 0 Å². The fraction of sp³-hybridized carbons (Fsp3) is 0.122. The van der Waals surface area contributed by atoms with E-state index in [0.29, 0.717) is 0 Å². The highest BCUT2D eigenvalue weighted by molar-refractivity contribution is 6.09. The van der Waals surface area contributed by atoms with Crippen molar-refractivity contribution < 1.29 is 0 Å². The first-order valence-electron chi connectivity index (χ1n) is 15.4. The van der Waals surface area contributed by atoms with Crippen molar-refractivity contribution in [1.29, 1.82) is 0 Å². The molecule has 6 aromatic carbocycles. The summed E-state index contributed by atoms with van der Waals surface area (Å²) in [6.45, 7) is 4.68. The average molecular weight is 555 g/mol. The van der Waals surface area contributed by atoms with Gasteiger partial charge in [-0.05, 0) is 95.8 Å². The quantitative estimate of drug-likeness (QED) is 0.198. The fourth-order valence-electron chi connectivity index (χ4n) is 7.57. The van der Waals surface area contributed by atoms with Gasteiger partial charge in [-0.2, -0.15) is 0 Å². The van der Waals surface area contributed by atoms with Crippen LogP contribution in [0.5, 0.6) is 0 Å². The number of hydrogen-bond donors (Lipinski definition) is 0. The van der Waals surface area contributed by atoms with Crippen molar-refractivity contribution in [3.05, 3.63) is 157 Å². The number of hydrogen-bond acceptors (Lipinski definition) is 1.